The molecule has 0 amide bonds. The van der Waals surface area contributed by atoms with E-state index in [-0.39, 0.29) is 12.6 Å². The summed E-state index contributed by atoms with van der Waals surface area (Å²) in [6, 6.07) is 14.1. The van der Waals surface area contributed by atoms with E-state index in [0.717, 1.165) is 29.2 Å². The van der Waals surface area contributed by atoms with Crippen molar-refractivity contribution in [1.29, 1.82) is 0 Å². The monoisotopic (exact) mass is 364 g/mol. The number of ether oxygens (including phenoxy) is 1. The summed E-state index contributed by atoms with van der Waals surface area (Å²) < 4.78 is 5.26. The Bertz CT molecular complexity index is 746. The highest BCUT2D eigenvalue weighted by Crippen LogP contribution is 2.19. The third-order valence-electron chi connectivity index (χ3n) is 4.80. The molecule has 0 radical (unpaired) electrons. The van der Waals surface area contributed by atoms with Crippen LogP contribution >= 0.6 is 0 Å². The second-order valence-corrected chi connectivity index (χ2v) is 7.05. The molecule has 2 aromatic rings. The molecule has 0 unspecified atom stereocenters. The fraction of sp³-hybridized carbons (Fsp3) is 0.480. The minimum atomic E-state index is -0.215. The summed E-state index contributed by atoms with van der Waals surface area (Å²) in [5.41, 5.74) is 1.00. The lowest BCUT2D eigenvalue weighted by atomic mass is 10.0. The van der Waals surface area contributed by atoms with Gasteiger partial charge in [0.2, 0.25) is 0 Å². The van der Waals surface area contributed by atoms with E-state index in [1.165, 1.54) is 44.9 Å². The third-order valence-corrected chi connectivity index (χ3v) is 4.80. The van der Waals surface area contributed by atoms with Gasteiger partial charge in [-0.2, -0.15) is 0 Å². The molecule has 0 spiro atoms. The van der Waals surface area contributed by atoms with E-state index in [1.807, 2.05) is 30.3 Å². The molecule has 2 heteroatoms. The van der Waals surface area contributed by atoms with Crippen molar-refractivity contribution in [1.82, 2.24) is 0 Å². The Hall–Kier alpha value is -2.27. The number of unbranched alkanes of at least 4 members (excludes halogenated alkanes) is 8. The van der Waals surface area contributed by atoms with Crippen molar-refractivity contribution in [2.24, 2.45) is 0 Å². The Kier molecular flexibility index (Phi) is 10.1. The predicted octanol–water partition coefficient (Wildman–Crippen LogP) is 6.46. The standard InChI is InChI=1S/C25H32O2/c1-2-3-4-5-6-7-8-9-10-11-14-20-27-25(26)21-23-18-15-17-22-16-12-13-19-24(22)23/h12-13,15-19H,2-10,20-21H2,1H3. The van der Waals surface area contributed by atoms with E-state index in [2.05, 4.69) is 30.9 Å². The molecule has 0 bridgehead atoms. The lowest BCUT2D eigenvalue weighted by Crippen LogP contribution is -2.08. The van der Waals surface area contributed by atoms with Crippen LogP contribution in [0.2, 0.25) is 0 Å². The molecule has 0 N–H and O–H groups in total. The van der Waals surface area contributed by atoms with Crippen molar-refractivity contribution in [3.8, 4) is 11.8 Å². The van der Waals surface area contributed by atoms with E-state index in [9.17, 15) is 4.79 Å². The number of carbonyl (C=O) groups excluding carboxylic acids is 1. The smallest absolute Gasteiger partial charge is 0.311 e. The van der Waals surface area contributed by atoms with Crippen LogP contribution in [0, 0.1) is 11.8 Å². The lowest BCUT2D eigenvalue weighted by Gasteiger charge is -2.05. The van der Waals surface area contributed by atoms with Gasteiger partial charge < -0.3 is 4.74 Å². The molecule has 0 atom stereocenters. The lowest BCUT2D eigenvalue weighted by molar-refractivity contribution is -0.141. The highest BCUT2D eigenvalue weighted by molar-refractivity contribution is 5.88. The van der Waals surface area contributed by atoms with E-state index < -0.39 is 0 Å². The summed E-state index contributed by atoms with van der Waals surface area (Å²) in [7, 11) is 0. The molecule has 2 nitrogen and oxygen atoms in total. The van der Waals surface area contributed by atoms with E-state index >= 15 is 0 Å². The fourth-order valence-corrected chi connectivity index (χ4v) is 3.26. The summed E-state index contributed by atoms with van der Waals surface area (Å²) in [4.78, 5) is 12.0. The van der Waals surface area contributed by atoms with Crippen LogP contribution in [0.4, 0.5) is 0 Å². The Labute approximate surface area is 164 Å². The molecule has 2 rings (SSSR count). The number of hydrogen-bond donors (Lipinski definition) is 0. The van der Waals surface area contributed by atoms with Crippen molar-refractivity contribution in [3.05, 3.63) is 48.0 Å². The Morgan fingerprint density at radius 3 is 2.37 bits per heavy atom. The van der Waals surface area contributed by atoms with Crippen molar-refractivity contribution < 1.29 is 9.53 Å². The summed E-state index contributed by atoms with van der Waals surface area (Å²) >= 11 is 0. The van der Waals surface area contributed by atoms with Gasteiger partial charge in [0, 0.05) is 6.42 Å². The summed E-state index contributed by atoms with van der Waals surface area (Å²) in [6.07, 6.45) is 11.7. The van der Waals surface area contributed by atoms with Crippen molar-refractivity contribution in [3.63, 3.8) is 0 Å². The molecule has 0 aromatic heterocycles. The zero-order valence-corrected chi connectivity index (χ0v) is 16.6. The number of esters is 1. The number of benzene rings is 2. The van der Waals surface area contributed by atoms with Gasteiger partial charge in [0.1, 0.15) is 0 Å². The molecule has 0 saturated heterocycles. The van der Waals surface area contributed by atoms with E-state index in [1.54, 1.807) is 0 Å². The molecule has 0 aliphatic rings. The minimum absolute atomic E-state index is 0.195. The van der Waals surface area contributed by atoms with Gasteiger partial charge in [-0.1, -0.05) is 106 Å². The van der Waals surface area contributed by atoms with Gasteiger partial charge in [-0.3, -0.25) is 4.79 Å². The van der Waals surface area contributed by atoms with Gasteiger partial charge in [-0.05, 0) is 22.8 Å². The van der Waals surface area contributed by atoms with Gasteiger partial charge in [0.15, 0.2) is 6.61 Å². The van der Waals surface area contributed by atoms with Gasteiger partial charge in [0.25, 0.3) is 0 Å². The minimum Gasteiger partial charge on any atom is -0.452 e. The summed E-state index contributed by atoms with van der Waals surface area (Å²) in [5.74, 6) is 5.87. The SMILES string of the molecule is CCCCCCCCCCC#CCOC(=O)Cc1cccc2ccccc12. The predicted molar refractivity (Wildman–Crippen MR) is 114 cm³/mol. The van der Waals surface area contributed by atoms with Crippen molar-refractivity contribution in [2.75, 3.05) is 6.61 Å². The van der Waals surface area contributed by atoms with Crippen molar-refractivity contribution >= 4 is 16.7 Å². The zero-order chi connectivity index (χ0) is 19.2. The first-order valence-corrected chi connectivity index (χ1v) is 10.4. The maximum atomic E-state index is 12.0. The van der Waals surface area contributed by atoms with Crippen LogP contribution in [0.15, 0.2) is 42.5 Å². The van der Waals surface area contributed by atoms with Crippen molar-refractivity contribution in [2.45, 2.75) is 71.1 Å². The molecule has 144 valence electrons. The van der Waals surface area contributed by atoms with Gasteiger partial charge >= 0.3 is 5.97 Å². The molecule has 2 aromatic carbocycles. The topological polar surface area (TPSA) is 26.3 Å². The normalized spacial score (nSPS) is 10.4. The highest BCUT2D eigenvalue weighted by Gasteiger charge is 2.07. The average Bonchev–Trinajstić information content (AvgIpc) is 2.69. The molecule has 0 heterocycles. The van der Waals surface area contributed by atoms with Crippen LogP contribution < -0.4 is 0 Å². The van der Waals surface area contributed by atoms with E-state index in [4.69, 9.17) is 4.74 Å². The maximum absolute atomic E-state index is 12.0. The quantitative estimate of drug-likeness (QED) is 0.260. The van der Waals surface area contributed by atoms with Crippen LogP contribution in [0.1, 0.15) is 70.3 Å². The van der Waals surface area contributed by atoms with Crippen LogP contribution in [0.25, 0.3) is 10.8 Å². The third kappa shape index (κ3) is 8.31. The molecule has 0 fully saturated rings. The first kappa shape index (κ1) is 21.0. The Morgan fingerprint density at radius 2 is 1.56 bits per heavy atom. The number of rotatable bonds is 11. The van der Waals surface area contributed by atoms with Crippen LogP contribution in [-0.4, -0.2) is 12.6 Å². The first-order valence-electron chi connectivity index (χ1n) is 10.4. The fourth-order valence-electron chi connectivity index (χ4n) is 3.26. The van der Waals surface area contributed by atoms with Gasteiger partial charge in [-0.25, -0.2) is 0 Å². The molecule has 0 saturated carbocycles. The molecule has 0 aliphatic carbocycles. The second kappa shape index (κ2) is 13.0. The van der Waals surface area contributed by atoms with E-state index in [0.29, 0.717) is 6.42 Å². The molecular formula is C25H32O2. The summed E-state index contributed by atoms with van der Waals surface area (Å²) in [5, 5.41) is 2.26. The second-order valence-electron chi connectivity index (χ2n) is 7.05. The molecule has 0 aliphatic heterocycles. The van der Waals surface area contributed by atoms with Crippen LogP contribution in [-0.2, 0) is 16.0 Å². The maximum Gasteiger partial charge on any atom is 0.311 e. The van der Waals surface area contributed by atoms with Crippen LogP contribution in [0.5, 0.6) is 0 Å². The Balaban J connectivity index is 1.58. The number of hydrogen-bond acceptors (Lipinski definition) is 2. The Morgan fingerprint density at radius 1 is 0.852 bits per heavy atom. The average molecular weight is 365 g/mol. The first-order chi connectivity index (χ1) is 13.3. The molecule has 27 heavy (non-hydrogen) atoms. The zero-order valence-electron chi connectivity index (χ0n) is 16.6. The van der Waals surface area contributed by atoms with Crippen LogP contribution in [0.3, 0.4) is 0 Å². The molecular weight excluding hydrogens is 332 g/mol. The largest absolute Gasteiger partial charge is 0.452 e. The highest BCUT2D eigenvalue weighted by atomic mass is 16.5. The number of fused-ring (bicyclic) bond motifs is 1. The number of carbonyl (C=O) groups is 1. The van der Waals surface area contributed by atoms with Gasteiger partial charge in [-0.15, -0.1) is 0 Å². The summed E-state index contributed by atoms with van der Waals surface area (Å²) in [6.45, 7) is 2.44. The van der Waals surface area contributed by atoms with Gasteiger partial charge in [0.05, 0.1) is 6.42 Å².